The summed E-state index contributed by atoms with van der Waals surface area (Å²) in [6, 6.07) is 4.02. The monoisotopic (exact) mass is 555 g/mol. The predicted octanol–water partition coefficient (Wildman–Crippen LogP) is -6.46. The molecule has 0 unspecified atom stereocenters. The van der Waals surface area contributed by atoms with Crippen molar-refractivity contribution in [1.29, 1.82) is 0 Å². The van der Waals surface area contributed by atoms with Crippen LogP contribution in [0.3, 0.4) is 0 Å². The van der Waals surface area contributed by atoms with Crippen LogP contribution in [0, 0.1) is 6.92 Å². The standard InChI is InChI=1S/C24H38B9N7O2/c1-11-14-8-36-19(37-15-4-3-13(7-35-15)40-22(29,30)9-34-10-23(40,31)32)38-17(14)39(18(42)16(11)12(2)41)24(33)20(25,26)5-6-21(24,27)28/h3-4,7-8,34H,5-6,9-10,25-33H2,1-2H3,(H,35,36,37,38). The van der Waals surface area contributed by atoms with Crippen LogP contribution in [-0.4, -0.2) is 120 Å². The molecular formula is C24H38B9N7O2. The van der Waals surface area contributed by atoms with Gasteiger partial charge in [0.15, 0.2) is 5.78 Å². The zero-order chi connectivity index (χ0) is 31.0. The van der Waals surface area contributed by atoms with Gasteiger partial charge in [-0.05, 0) is 42.2 Å². The molecule has 18 heteroatoms. The highest BCUT2D eigenvalue weighted by molar-refractivity contribution is 6.52. The fourth-order valence-corrected chi connectivity index (χ4v) is 7.89. The van der Waals surface area contributed by atoms with Crippen molar-refractivity contribution in [2.45, 2.75) is 53.2 Å². The summed E-state index contributed by atoms with van der Waals surface area (Å²) in [5.74, 6) is 0.723. The van der Waals surface area contributed by atoms with E-state index in [4.69, 9.17) is 9.97 Å². The molecule has 1 saturated carbocycles. The van der Waals surface area contributed by atoms with Gasteiger partial charge in [-0.2, -0.15) is 4.98 Å². The van der Waals surface area contributed by atoms with E-state index in [1.165, 1.54) is 6.92 Å². The van der Waals surface area contributed by atoms with Crippen LogP contribution in [-0.2, 0) is 5.44 Å². The fourth-order valence-electron chi connectivity index (χ4n) is 7.89. The van der Waals surface area contributed by atoms with E-state index in [1.54, 1.807) is 10.8 Å². The first-order chi connectivity index (χ1) is 19.3. The maximum atomic E-state index is 14.2. The fraction of sp³-hybridized carbons (Fsp3) is 0.458. The summed E-state index contributed by atoms with van der Waals surface area (Å²) in [4.78, 5) is 43.7. The average Bonchev–Trinajstić information content (AvgIpc) is 3.03. The minimum Gasteiger partial charge on any atom is -0.388 e. The zero-order valence-corrected chi connectivity index (χ0v) is 27.2. The lowest BCUT2D eigenvalue weighted by Gasteiger charge is -2.55. The lowest BCUT2D eigenvalue weighted by atomic mass is 9.31. The van der Waals surface area contributed by atoms with Gasteiger partial charge in [-0.3, -0.25) is 14.2 Å². The quantitative estimate of drug-likeness (QED) is 0.238. The molecule has 0 aromatic carbocycles. The number of anilines is 3. The van der Waals surface area contributed by atoms with Gasteiger partial charge < -0.3 is 15.5 Å². The van der Waals surface area contributed by atoms with Gasteiger partial charge in [0.25, 0.3) is 5.56 Å². The highest BCUT2D eigenvalue weighted by atomic mass is 16.1. The molecule has 4 heterocycles. The Kier molecular flexibility index (Phi) is 7.23. The van der Waals surface area contributed by atoms with Crippen molar-refractivity contribution < 1.29 is 4.79 Å². The van der Waals surface area contributed by atoms with E-state index in [0.717, 1.165) is 31.6 Å². The molecule has 0 bridgehead atoms. The first-order valence-electron chi connectivity index (χ1n) is 15.0. The number of carbonyl (C=O) groups excluding carboxylic acids is 1. The zero-order valence-electron chi connectivity index (χ0n) is 27.2. The van der Waals surface area contributed by atoms with Gasteiger partial charge in [-0.25, -0.2) is 9.97 Å². The minimum absolute atomic E-state index is 0.0714. The van der Waals surface area contributed by atoms with Crippen LogP contribution in [0.4, 0.5) is 17.5 Å². The molecule has 2 aliphatic rings. The maximum absolute atomic E-state index is 14.2. The number of fused-ring (bicyclic) bond motifs is 1. The molecule has 1 aliphatic heterocycles. The van der Waals surface area contributed by atoms with Crippen LogP contribution in [0.15, 0.2) is 29.3 Å². The third-order valence-electron chi connectivity index (χ3n) is 10.6. The number of hydrogen-bond acceptors (Lipinski definition) is 8. The number of nitrogens with zero attached hydrogens (tertiary/aromatic N) is 5. The number of carbonyl (C=O) groups is 1. The van der Waals surface area contributed by atoms with E-state index in [-0.39, 0.29) is 38.0 Å². The SMILES string of the molecule is BC1(B)CNCC(B)(B)N1c1ccc(Nc2ncc3c(C)c(C(C)=O)c(=O)n(C4(B)C(B)(B)CCC4(B)B)c3n2)nc1. The number of hydrogen-bond donors (Lipinski definition) is 2. The molecule has 2 fully saturated rings. The second-order valence-corrected chi connectivity index (χ2v) is 15.1. The van der Waals surface area contributed by atoms with Crippen molar-refractivity contribution >= 4 is 105 Å². The van der Waals surface area contributed by atoms with E-state index < -0.39 is 5.44 Å². The second-order valence-electron chi connectivity index (χ2n) is 15.1. The molecule has 3 aromatic rings. The number of ketones is 1. The molecule has 2 N–H and O–H groups in total. The largest absolute Gasteiger partial charge is 0.388 e. The lowest BCUT2D eigenvalue weighted by molar-refractivity contribution is 0.101. The molecule has 0 atom stereocenters. The normalized spacial score (nSPS) is 21.6. The summed E-state index contributed by atoms with van der Waals surface area (Å²) >= 11 is 0. The highest BCUT2D eigenvalue weighted by Crippen LogP contribution is 2.62. The number of pyridine rings is 2. The van der Waals surface area contributed by atoms with E-state index >= 15 is 0 Å². The number of rotatable bonds is 5. The Morgan fingerprint density at radius 2 is 1.52 bits per heavy atom. The van der Waals surface area contributed by atoms with Crippen LogP contribution in [0.5, 0.6) is 0 Å². The highest BCUT2D eigenvalue weighted by Gasteiger charge is 2.57. The lowest BCUT2D eigenvalue weighted by Crippen LogP contribution is -2.74. The Labute approximate surface area is 256 Å². The van der Waals surface area contributed by atoms with Crippen LogP contribution in [0.2, 0.25) is 10.4 Å². The molecule has 3 aromatic heterocycles. The van der Waals surface area contributed by atoms with E-state index in [0.29, 0.717) is 28.4 Å². The van der Waals surface area contributed by atoms with Crippen molar-refractivity contribution in [2.75, 3.05) is 23.3 Å². The maximum Gasteiger partial charge on any atom is 0.263 e. The van der Waals surface area contributed by atoms with Gasteiger partial charge in [0.1, 0.15) is 82.1 Å². The van der Waals surface area contributed by atoms with E-state index in [9.17, 15) is 9.59 Å². The van der Waals surface area contributed by atoms with Crippen LogP contribution in [0.25, 0.3) is 11.0 Å². The Hall–Kier alpha value is -2.75. The number of aromatic nitrogens is 4. The summed E-state index contributed by atoms with van der Waals surface area (Å²) in [7, 11) is 19.9. The summed E-state index contributed by atoms with van der Waals surface area (Å²) in [6.45, 7) is 5.05. The number of Topliss-reactive ketones (excluding diaryl/α,β-unsaturated/α-hetero) is 1. The molecule has 42 heavy (non-hydrogen) atoms. The molecule has 0 radical (unpaired) electrons. The van der Waals surface area contributed by atoms with Gasteiger partial charge in [0, 0.05) is 30.1 Å². The van der Waals surface area contributed by atoms with Crippen molar-refractivity contribution in [1.82, 2.24) is 24.8 Å². The molecular weight excluding hydrogens is 516 g/mol. The van der Waals surface area contributed by atoms with Gasteiger partial charge in [-0.15, -0.1) is 0 Å². The average molecular weight is 554 g/mol. The topological polar surface area (TPSA) is 105 Å². The van der Waals surface area contributed by atoms with Gasteiger partial charge in [-0.1, -0.05) is 23.3 Å². The van der Waals surface area contributed by atoms with Crippen molar-refractivity contribution in [3.63, 3.8) is 0 Å². The molecule has 0 spiro atoms. The Bertz CT molecular complexity index is 1610. The molecule has 9 nitrogen and oxygen atoms in total. The van der Waals surface area contributed by atoms with Crippen molar-refractivity contribution in [3.8, 4) is 0 Å². The third kappa shape index (κ3) is 4.59. The van der Waals surface area contributed by atoms with Crippen LogP contribution in [0.1, 0.15) is 35.7 Å². The first-order valence-corrected chi connectivity index (χ1v) is 15.0. The number of nitrogens with one attached hydrogen (secondary N) is 2. The Morgan fingerprint density at radius 1 is 0.929 bits per heavy atom. The molecule has 1 aliphatic carbocycles. The molecule has 208 valence electrons. The van der Waals surface area contributed by atoms with Crippen molar-refractivity contribution in [2.24, 2.45) is 0 Å². The third-order valence-corrected chi connectivity index (χ3v) is 10.6. The van der Waals surface area contributed by atoms with E-state index in [2.05, 4.69) is 97.2 Å². The van der Waals surface area contributed by atoms with E-state index in [1.807, 2.05) is 19.2 Å². The number of piperazine rings is 1. The molecule has 5 rings (SSSR count). The van der Waals surface area contributed by atoms with Crippen molar-refractivity contribution in [3.05, 3.63) is 46.0 Å². The Balaban J connectivity index is 1.62. The summed E-state index contributed by atoms with van der Waals surface area (Å²) in [6.07, 6.45) is 5.53. The Morgan fingerprint density at radius 3 is 2.05 bits per heavy atom. The van der Waals surface area contributed by atoms with Gasteiger partial charge in [0.05, 0.1) is 17.4 Å². The summed E-state index contributed by atoms with van der Waals surface area (Å²) in [5.41, 5.74) is 1.53. The van der Waals surface area contributed by atoms with Crippen LogP contribution >= 0.6 is 0 Å². The number of aryl methyl sites for hydroxylation is 1. The predicted molar refractivity (Wildman–Crippen MR) is 196 cm³/mol. The van der Waals surface area contributed by atoms with Gasteiger partial charge >= 0.3 is 0 Å². The second kappa shape index (κ2) is 9.89. The van der Waals surface area contributed by atoms with Crippen LogP contribution < -0.4 is 21.1 Å². The first kappa shape index (κ1) is 30.7. The molecule has 0 amide bonds. The van der Waals surface area contributed by atoms with Gasteiger partial charge in [0.2, 0.25) is 5.95 Å². The molecule has 1 saturated heterocycles. The minimum atomic E-state index is -0.596. The summed E-state index contributed by atoms with van der Waals surface area (Å²) in [5, 5.41) is 6.96. The smallest absolute Gasteiger partial charge is 0.263 e. The summed E-state index contributed by atoms with van der Waals surface area (Å²) < 4.78 is 1.80.